The smallest absolute Gasteiger partial charge is 0.239 e. The largest absolute Gasteiger partial charge is 0.385 e. The van der Waals surface area contributed by atoms with Crippen LogP contribution < -0.4 is 10.6 Å². The highest BCUT2D eigenvalue weighted by atomic mass is 19.1. The summed E-state index contributed by atoms with van der Waals surface area (Å²) in [4.78, 5) is 11.4. The van der Waals surface area contributed by atoms with Crippen molar-refractivity contribution in [3.63, 3.8) is 0 Å². The number of ether oxygens (including phenoxy) is 1. The van der Waals surface area contributed by atoms with Crippen LogP contribution in [0.1, 0.15) is 12.0 Å². The van der Waals surface area contributed by atoms with Gasteiger partial charge in [0.05, 0.1) is 23.9 Å². The standard InChI is InChI=1S/C13H16FN3O2/c1-19-6-2-5-16-13(18)9-17-12-4-3-10(8-15)7-11(12)14/h3-4,7,17H,2,5-6,9H2,1H3,(H,16,18). The third kappa shape index (κ3) is 5.36. The molecule has 102 valence electrons. The normalized spacial score (nSPS) is 9.74. The zero-order chi connectivity index (χ0) is 14.1. The van der Waals surface area contributed by atoms with E-state index in [2.05, 4.69) is 10.6 Å². The highest BCUT2D eigenvalue weighted by Crippen LogP contribution is 2.14. The first kappa shape index (κ1) is 14.9. The molecule has 0 aromatic heterocycles. The van der Waals surface area contributed by atoms with Gasteiger partial charge in [-0.2, -0.15) is 5.26 Å². The Hall–Kier alpha value is -2.13. The molecule has 0 aliphatic carbocycles. The van der Waals surface area contributed by atoms with Gasteiger partial charge >= 0.3 is 0 Å². The number of methoxy groups -OCH3 is 1. The number of nitriles is 1. The molecule has 2 N–H and O–H groups in total. The van der Waals surface area contributed by atoms with Crippen molar-refractivity contribution >= 4 is 11.6 Å². The van der Waals surface area contributed by atoms with Crippen LogP contribution in [0, 0.1) is 17.1 Å². The van der Waals surface area contributed by atoms with E-state index in [4.69, 9.17) is 10.00 Å². The molecule has 1 aromatic rings. The molecular weight excluding hydrogens is 249 g/mol. The van der Waals surface area contributed by atoms with Gasteiger partial charge in [0.15, 0.2) is 0 Å². The number of amides is 1. The van der Waals surface area contributed by atoms with E-state index in [1.165, 1.54) is 12.1 Å². The predicted octanol–water partition coefficient (Wildman–Crippen LogP) is 1.26. The van der Waals surface area contributed by atoms with Crippen molar-refractivity contribution in [2.75, 3.05) is 32.1 Å². The van der Waals surface area contributed by atoms with E-state index < -0.39 is 5.82 Å². The van der Waals surface area contributed by atoms with Crippen LogP contribution in [0.4, 0.5) is 10.1 Å². The number of nitrogens with one attached hydrogen (secondary N) is 2. The summed E-state index contributed by atoms with van der Waals surface area (Å²) < 4.78 is 18.3. The van der Waals surface area contributed by atoms with Crippen molar-refractivity contribution in [2.24, 2.45) is 0 Å². The van der Waals surface area contributed by atoms with E-state index >= 15 is 0 Å². The van der Waals surface area contributed by atoms with Crippen molar-refractivity contribution in [2.45, 2.75) is 6.42 Å². The van der Waals surface area contributed by atoms with Crippen LogP contribution in [0.2, 0.25) is 0 Å². The number of hydrogen-bond acceptors (Lipinski definition) is 4. The maximum Gasteiger partial charge on any atom is 0.239 e. The minimum absolute atomic E-state index is 0.0181. The Bertz CT molecular complexity index is 471. The monoisotopic (exact) mass is 265 g/mol. The van der Waals surface area contributed by atoms with Crippen LogP contribution in [-0.4, -0.2) is 32.7 Å². The van der Waals surface area contributed by atoms with Crippen LogP contribution in [-0.2, 0) is 9.53 Å². The van der Waals surface area contributed by atoms with E-state index in [1.807, 2.05) is 6.07 Å². The molecule has 0 bridgehead atoms. The van der Waals surface area contributed by atoms with Gasteiger partial charge in [-0.1, -0.05) is 0 Å². The number of hydrogen-bond donors (Lipinski definition) is 2. The van der Waals surface area contributed by atoms with Gasteiger partial charge in [0.2, 0.25) is 5.91 Å². The topological polar surface area (TPSA) is 74.2 Å². The number of carbonyl (C=O) groups is 1. The molecule has 0 spiro atoms. The molecule has 0 saturated carbocycles. The van der Waals surface area contributed by atoms with Crippen molar-refractivity contribution in [3.05, 3.63) is 29.6 Å². The van der Waals surface area contributed by atoms with Gasteiger partial charge in [-0.3, -0.25) is 4.79 Å². The molecule has 0 atom stereocenters. The summed E-state index contributed by atoms with van der Waals surface area (Å²) in [5, 5.41) is 14.0. The van der Waals surface area contributed by atoms with Crippen LogP contribution in [0.5, 0.6) is 0 Å². The maximum atomic E-state index is 13.5. The van der Waals surface area contributed by atoms with Crippen molar-refractivity contribution in [3.8, 4) is 6.07 Å². The number of benzene rings is 1. The number of anilines is 1. The maximum absolute atomic E-state index is 13.5. The van der Waals surface area contributed by atoms with Crippen LogP contribution >= 0.6 is 0 Å². The van der Waals surface area contributed by atoms with Gasteiger partial charge in [-0.15, -0.1) is 0 Å². The highest BCUT2D eigenvalue weighted by molar-refractivity contribution is 5.80. The number of carbonyl (C=O) groups excluding carboxylic acids is 1. The highest BCUT2D eigenvalue weighted by Gasteiger charge is 2.05. The lowest BCUT2D eigenvalue weighted by molar-refractivity contribution is -0.119. The third-order valence-corrected chi connectivity index (χ3v) is 2.38. The predicted molar refractivity (Wildman–Crippen MR) is 69.1 cm³/mol. The summed E-state index contributed by atoms with van der Waals surface area (Å²) in [5.74, 6) is -0.772. The minimum atomic E-state index is -0.550. The van der Waals surface area contributed by atoms with Gasteiger partial charge in [-0.25, -0.2) is 4.39 Å². The average Bonchev–Trinajstić information content (AvgIpc) is 2.42. The molecule has 1 aromatic carbocycles. The van der Waals surface area contributed by atoms with E-state index in [9.17, 15) is 9.18 Å². The molecule has 1 amide bonds. The molecule has 6 heteroatoms. The van der Waals surface area contributed by atoms with Gasteiger partial charge < -0.3 is 15.4 Å². The molecule has 0 aliphatic heterocycles. The van der Waals surface area contributed by atoms with Gasteiger partial charge in [0, 0.05) is 20.3 Å². The second-order valence-corrected chi connectivity index (χ2v) is 3.86. The lowest BCUT2D eigenvalue weighted by atomic mass is 10.2. The van der Waals surface area contributed by atoms with Crippen LogP contribution in [0.3, 0.4) is 0 Å². The quantitative estimate of drug-likeness (QED) is 0.728. The molecule has 0 radical (unpaired) electrons. The molecule has 0 unspecified atom stereocenters. The molecule has 0 fully saturated rings. The summed E-state index contributed by atoms with van der Waals surface area (Å²) in [6.45, 7) is 1.08. The van der Waals surface area contributed by atoms with Crippen LogP contribution in [0.15, 0.2) is 18.2 Å². The zero-order valence-corrected chi connectivity index (χ0v) is 10.7. The van der Waals surface area contributed by atoms with E-state index in [0.29, 0.717) is 13.2 Å². The molecular formula is C13H16FN3O2. The molecule has 1 rings (SSSR count). The first-order chi connectivity index (χ1) is 9.17. The van der Waals surface area contributed by atoms with Crippen LogP contribution in [0.25, 0.3) is 0 Å². The third-order valence-electron chi connectivity index (χ3n) is 2.38. The number of halogens is 1. The lowest BCUT2D eigenvalue weighted by Crippen LogP contribution is -2.31. The Kier molecular flexibility index (Phi) is 6.33. The fourth-order valence-corrected chi connectivity index (χ4v) is 1.41. The van der Waals surface area contributed by atoms with E-state index in [0.717, 1.165) is 12.5 Å². The van der Waals surface area contributed by atoms with E-state index in [1.54, 1.807) is 7.11 Å². The zero-order valence-electron chi connectivity index (χ0n) is 10.7. The fourth-order valence-electron chi connectivity index (χ4n) is 1.41. The summed E-state index contributed by atoms with van der Waals surface area (Å²) in [6.07, 6.45) is 0.730. The summed E-state index contributed by atoms with van der Waals surface area (Å²) in [7, 11) is 1.59. The fraction of sp³-hybridized carbons (Fsp3) is 0.385. The summed E-state index contributed by atoms with van der Waals surface area (Å²) in [6, 6.07) is 5.89. The second kappa shape index (κ2) is 8.06. The Balaban J connectivity index is 2.36. The lowest BCUT2D eigenvalue weighted by Gasteiger charge is -2.08. The minimum Gasteiger partial charge on any atom is -0.385 e. The Morgan fingerprint density at radius 3 is 2.95 bits per heavy atom. The molecule has 0 heterocycles. The van der Waals surface area contributed by atoms with E-state index in [-0.39, 0.29) is 23.7 Å². The van der Waals surface area contributed by atoms with Gasteiger partial charge in [-0.05, 0) is 24.6 Å². The molecule has 5 nitrogen and oxygen atoms in total. The second-order valence-electron chi connectivity index (χ2n) is 3.86. The van der Waals surface area contributed by atoms with Crippen molar-refractivity contribution < 1.29 is 13.9 Å². The summed E-state index contributed by atoms with van der Waals surface area (Å²) >= 11 is 0. The molecule has 0 saturated heterocycles. The number of nitrogens with zero attached hydrogens (tertiary/aromatic N) is 1. The van der Waals surface area contributed by atoms with Gasteiger partial charge in [0.25, 0.3) is 0 Å². The first-order valence-electron chi connectivity index (χ1n) is 5.86. The summed E-state index contributed by atoms with van der Waals surface area (Å²) in [5.41, 5.74) is 0.443. The molecule has 19 heavy (non-hydrogen) atoms. The Morgan fingerprint density at radius 1 is 1.53 bits per heavy atom. The molecule has 0 aliphatic rings. The number of rotatable bonds is 7. The Morgan fingerprint density at radius 2 is 2.32 bits per heavy atom. The SMILES string of the molecule is COCCCNC(=O)CNc1ccc(C#N)cc1F. The first-order valence-corrected chi connectivity index (χ1v) is 5.86. The van der Waals surface area contributed by atoms with Gasteiger partial charge in [0.1, 0.15) is 5.82 Å². The van der Waals surface area contributed by atoms with Crippen molar-refractivity contribution in [1.29, 1.82) is 5.26 Å². The average molecular weight is 265 g/mol. The van der Waals surface area contributed by atoms with Crippen molar-refractivity contribution in [1.82, 2.24) is 5.32 Å². The Labute approximate surface area is 111 Å².